The highest BCUT2D eigenvalue weighted by molar-refractivity contribution is 5.84. The van der Waals surface area contributed by atoms with Crippen LogP contribution in [0, 0.1) is 11.6 Å². The van der Waals surface area contributed by atoms with Crippen LogP contribution in [-0.4, -0.2) is 17.4 Å². The SMILES string of the molecule is CC(C(=O)N1CCc2ccc(F)cc2C1C)c1ccccc1F. The van der Waals surface area contributed by atoms with Crippen molar-refractivity contribution in [3.05, 3.63) is 70.8 Å². The lowest BCUT2D eigenvalue weighted by Gasteiger charge is -2.37. The van der Waals surface area contributed by atoms with Crippen LogP contribution in [0.2, 0.25) is 0 Å². The average Bonchev–Trinajstić information content (AvgIpc) is 2.55. The van der Waals surface area contributed by atoms with Crippen LogP contribution < -0.4 is 0 Å². The van der Waals surface area contributed by atoms with Gasteiger partial charge in [0.15, 0.2) is 0 Å². The zero-order chi connectivity index (χ0) is 16.6. The van der Waals surface area contributed by atoms with E-state index < -0.39 is 5.92 Å². The highest BCUT2D eigenvalue weighted by Crippen LogP contribution is 2.33. The van der Waals surface area contributed by atoms with Crippen molar-refractivity contribution in [3.63, 3.8) is 0 Å². The molecule has 0 bridgehead atoms. The van der Waals surface area contributed by atoms with Crippen molar-refractivity contribution in [2.24, 2.45) is 0 Å². The fraction of sp³-hybridized carbons (Fsp3) is 0.316. The Balaban J connectivity index is 1.88. The molecule has 1 aliphatic rings. The summed E-state index contributed by atoms with van der Waals surface area (Å²) < 4.78 is 27.5. The predicted molar refractivity (Wildman–Crippen MR) is 85.0 cm³/mol. The molecular formula is C19H19F2NO. The second-order valence-electron chi connectivity index (χ2n) is 6.04. The molecule has 1 aliphatic heterocycles. The molecule has 23 heavy (non-hydrogen) atoms. The molecular weight excluding hydrogens is 296 g/mol. The van der Waals surface area contributed by atoms with E-state index in [1.54, 1.807) is 36.1 Å². The molecule has 2 aromatic rings. The second kappa shape index (κ2) is 6.11. The van der Waals surface area contributed by atoms with Crippen LogP contribution in [-0.2, 0) is 11.2 Å². The highest BCUT2D eigenvalue weighted by atomic mass is 19.1. The summed E-state index contributed by atoms with van der Waals surface area (Å²) in [6.07, 6.45) is 0.690. The van der Waals surface area contributed by atoms with Gasteiger partial charge in [-0.2, -0.15) is 0 Å². The Morgan fingerprint density at radius 3 is 2.70 bits per heavy atom. The summed E-state index contributed by atoms with van der Waals surface area (Å²) in [5.41, 5.74) is 2.31. The molecule has 1 heterocycles. The number of fused-ring (bicyclic) bond motifs is 1. The molecule has 4 heteroatoms. The Bertz CT molecular complexity index is 744. The van der Waals surface area contributed by atoms with Gasteiger partial charge < -0.3 is 4.90 Å². The summed E-state index contributed by atoms with van der Waals surface area (Å²) in [6, 6.07) is 10.9. The number of carbonyl (C=O) groups excluding carboxylic acids is 1. The normalized spacial score (nSPS) is 18.4. The van der Waals surface area contributed by atoms with Gasteiger partial charge in [0.05, 0.1) is 12.0 Å². The zero-order valence-electron chi connectivity index (χ0n) is 13.2. The first-order valence-electron chi connectivity index (χ1n) is 7.82. The van der Waals surface area contributed by atoms with Gasteiger partial charge in [0, 0.05) is 6.54 Å². The van der Waals surface area contributed by atoms with E-state index in [0.717, 1.165) is 11.1 Å². The number of hydrogen-bond acceptors (Lipinski definition) is 1. The van der Waals surface area contributed by atoms with Gasteiger partial charge in [-0.05, 0) is 55.2 Å². The molecule has 0 saturated heterocycles. The van der Waals surface area contributed by atoms with Crippen molar-refractivity contribution in [2.75, 3.05) is 6.54 Å². The van der Waals surface area contributed by atoms with E-state index in [1.807, 2.05) is 6.92 Å². The van der Waals surface area contributed by atoms with Crippen molar-refractivity contribution in [2.45, 2.75) is 32.2 Å². The standard InChI is InChI=1S/C19H19F2NO/c1-12(16-5-3-4-6-18(16)21)19(23)22-10-9-14-7-8-15(20)11-17(14)13(22)2/h3-8,11-13H,9-10H2,1-2H3. The number of benzene rings is 2. The van der Waals surface area contributed by atoms with Crippen molar-refractivity contribution < 1.29 is 13.6 Å². The molecule has 0 aliphatic carbocycles. The summed E-state index contributed by atoms with van der Waals surface area (Å²) in [5, 5.41) is 0. The molecule has 0 saturated carbocycles. The Morgan fingerprint density at radius 2 is 1.96 bits per heavy atom. The molecule has 0 aromatic heterocycles. The van der Waals surface area contributed by atoms with E-state index in [9.17, 15) is 13.6 Å². The van der Waals surface area contributed by atoms with Crippen LogP contribution in [0.3, 0.4) is 0 Å². The lowest BCUT2D eigenvalue weighted by molar-refractivity contribution is -0.135. The third-order valence-electron chi connectivity index (χ3n) is 4.67. The minimum Gasteiger partial charge on any atom is -0.335 e. The van der Waals surface area contributed by atoms with Gasteiger partial charge in [0.2, 0.25) is 5.91 Å². The molecule has 2 aromatic carbocycles. The third-order valence-corrected chi connectivity index (χ3v) is 4.67. The number of hydrogen-bond donors (Lipinski definition) is 0. The van der Waals surface area contributed by atoms with Gasteiger partial charge in [0.1, 0.15) is 11.6 Å². The van der Waals surface area contributed by atoms with Crippen LogP contribution in [0.5, 0.6) is 0 Å². The molecule has 0 spiro atoms. The van der Waals surface area contributed by atoms with Crippen molar-refractivity contribution in [1.29, 1.82) is 0 Å². The fourth-order valence-electron chi connectivity index (χ4n) is 3.29. The summed E-state index contributed by atoms with van der Waals surface area (Å²) in [4.78, 5) is 14.5. The lowest BCUT2D eigenvalue weighted by atomic mass is 9.91. The largest absolute Gasteiger partial charge is 0.335 e. The Kier molecular flexibility index (Phi) is 4.16. The molecule has 2 unspecified atom stereocenters. The summed E-state index contributed by atoms with van der Waals surface area (Å²) in [5.74, 6) is -1.36. The van der Waals surface area contributed by atoms with Gasteiger partial charge in [-0.15, -0.1) is 0 Å². The van der Waals surface area contributed by atoms with Crippen molar-refractivity contribution in [1.82, 2.24) is 4.90 Å². The minimum absolute atomic E-state index is 0.127. The topological polar surface area (TPSA) is 20.3 Å². The van der Waals surface area contributed by atoms with E-state index in [1.165, 1.54) is 18.2 Å². The summed E-state index contributed by atoms with van der Waals surface area (Å²) in [6.45, 7) is 4.18. The number of carbonyl (C=O) groups is 1. The fourth-order valence-corrected chi connectivity index (χ4v) is 3.29. The Hall–Kier alpha value is -2.23. The van der Waals surface area contributed by atoms with Crippen LogP contribution in [0.1, 0.15) is 42.5 Å². The Labute approximate surface area is 134 Å². The Morgan fingerprint density at radius 1 is 1.22 bits per heavy atom. The first-order valence-corrected chi connectivity index (χ1v) is 7.82. The van der Waals surface area contributed by atoms with E-state index in [0.29, 0.717) is 18.5 Å². The van der Waals surface area contributed by atoms with E-state index in [2.05, 4.69) is 0 Å². The number of nitrogens with zero attached hydrogens (tertiary/aromatic N) is 1. The van der Waals surface area contributed by atoms with Gasteiger partial charge in [-0.25, -0.2) is 8.78 Å². The first-order chi connectivity index (χ1) is 11.0. The number of amides is 1. The quantitative estimate of drug-likeness (QED) is 0.813. The summed E-state index contributed by atoms with van der Waals surface area (Å²) in [7, 11) is 0. The maximum absolute atomic E-state index is 13.9. The first kappa shape index (κ1) is 15.7. The van der Waals surface area contributed by atoms with Gasteiger partial charge in [-0.1, -0.05) is 24.3 Å². The van der Waals surface area contributed by atoms with Gasteiger partial charge in [-0.3, -0.25) is 4.79 Å². The van der Waals surface area contributed by atoms with Gasteiger partial charge >= 0.3 is 0 Å². The third kappa shape index (κ3) is 2.85. The van der Waals surface area contributed by atoms with Crippen LogP contribution in [0.15, 0.2) is 42.5 Å². The maximum atomic E-state index is 13.9. The molecule has 1 amide bonds. The molecule has 2 atom stereocenters. The molecule has 2 nitrogen and oxygen atoms in total. The van der Waals surface area contributed by atoms with E-state index in [-0.39, 0.29) is 23.6 Å². The van der Waals surface area contributed by atoms with Crippen LogP contribution in [0.25, 0.3) is 0 Å². The van der Waals surface area contributed by atoms with Crippen LogP contribution in [0.4, 0.5) is 8.78 Å². The molecule has 0 radical (unpaired) electrons. The predicted octanol–water partition coefficient (Wildman–Crippen LogP) is 4.21. The second-order valence-corrected chi connectivity index (χ2v) is 6.04. The maximum Gasteiger partial charge on any atom is 0.230 e. The average molecular weight is 315 g/mol. The monoisotopic (exact) mass is 315 g/mol. The van der Waals surface area contributed by atoms with Gasteiger partial charge in [0.25, 0.3) is 0 Å². The smallest absolute Gasteiger partial charge is 0.230 e. The zero-order valence-corrected chi connectivity index (χ0v) is 13.2. The number of halogens is 2. The van der Waals surface area contributed by atoms with E-state index in [4.69, 9.17) is 0 Å². The van der Waals surface area contributed by atoms with Crippen LogP contribution >= 0.6 is 0 Å². The molecule has 120 valence electrons. The van der Waals surface area contributed by atoms with E-state index >= 15 is 0 Å². The molecule has 3 rings (SSSR count). The lowest BCUT2D eigenvalue weighted by Crippen LogP contribution is -2.41. The molecule has 0 fully saturated rings. The summed E-state index contributed by atoms with van der Waals surface area (Å²) >= 11 is 0. The van der Waals surface area contributed by atoms with Crippen molar-refractivity contribution >= 4 is 5.91 Å². The highest BCUT2D eigenvalue weighted by Gasteiger charge is 2.31. The molecule has 0 N–H and O–H groups in total. The minimum atomic E-state index is -0.561. The number of rotatable bonds is 2. The van der Waals surface area contributed by atoms with Crippen molar-refractivity contribution in [3.8, 4) is 0 Å².